The first-order valence-corrected chi connectivity index (χ1v) is 48.7. The maximum absolute atomic E-state index is 13.2. The second kappa shape index (κ2) is 68.7. The van der Waals surface area contributed by atoms with Gasteiger partial charge in [0.2, 0.25) is 0 Å². The van der Waals surface area contributed by atoms with Crippen molar-refractivity contribution in [2.24, 2.45) is 0 Å². The summed E-state index contributed by atoms with van der Waals surface area (Å²) < 4.78 is 23.2. The number of phenols is 3. The van der Waals surface area contributed by atoms with Crippen molar-refractivity contribution in [1.29, 1.82) is 0 Å². The fourth-order valence-corrected chi connectivity index (χ4v) is 17.9. The second-order valence-corrected chi connectivity index (χ2v) is 34.4. The van der Waals surface area contributed by atoms with E-state index in [2.05, 4.69) is 80.5 Å². The number of hydrogen-bond acceptors (Lipinski definition) is 6. The average molecular weight is 1490 g/mol. The minimum atomic E-state index is -2.46. The molecule has 106 heavy (non-hydrogen) atoms. The summed E-state index contributed by atoms with van der Waals surface area (Å²) in [4.78, 5) is 0. The van der Waals surface area contributed by atoms with Crippen LogP contribution in [0.15, 0.2) is 18.2 Å². The molecule has 0 atom stereocenters. The van der Waals surface area contributed by atoms with Crippen molar-refractivity contribution >= 4 is 8.60 Å². The van der Waals surface area contributed by atoms with Gasteiger partial charge in [-0.2, -0.15) is 0 Å². The van der Waals surface area contributed by atoms with E-state index < -0.39 is 8.60 Å². The van der Waals surface area contributed by atoms with Crippen LogP contribution >= 0.6 is 8.60 Å². The molecule has 0 unspecified atom stereocenters. The van der Waals surface area contributed by atoms with Gasteiger partial charge in [0, 0.05) is 16.7 Å². The normalized spacial score (nSPS) is 11.7. The van der Waals surface area contributed by atoms with E-state index in [0.717, 1.165) is 152 Å². The van der Waals surface area contributed by atoms with Crippen LogP contribution < -0.4 is 13.6 Å². The van der Waals surface area contributed by atoms with Crippen LogP contribution in [-0.2, 0) is 57.8 Å². The van der Waals surface area contributed by atoms with Crippen LogP contribution in [0.1, 0.15) is 517 Å². The number of hydrogen-bond donors (Lipinski definition) is 3. The molecule has 3 N–H and O–H groups in total. The standard InChI is InChI=1S/C99H177O6P/c1-10-19-28-37-46-55-64-73-85-82-94(100)97(91(79-70-61-52-43-34-25-16-7)88(85)76-67-58-49-40-31-22-13-4)103-106(104-98-92(80-71-62-53-44-35-26-17-8)89(77-68-59-50-41-32-23-14-5)86(83-95(98)101)74-65-56-47-38-29-20-11-2)105-99-93(81-72-63-54-45-36-27-18-9)90(78-69-60-51-42-33-24-15-6)87(84-96(99)102)75-66-57-48-39-30-21-12-3/h82-84,100-102H,10-81H2,1-9H3. The van der Waals surface area contributed by atoms with Gasteiger partial charge in [-0.25, -0.2) is 0 Å². The third-order valence-electron chi connectivity index (χ3n) is 23.5. The van der Waals surface area contributed by atoms with E-state index in [1.807, 2.05) is 0 Å². The first-order valence-electron chi connectivity index (χ1n) is 47.6. The summed E-state index contributed by atoms with van der Waals surface area (Å²) >= 11 is 0. The lowest BCUT2D eigenvalue weighted by Crippen LogP contribution is -2.12. The fourth-order valence-electron chi connectivity index (χ4n) is 16.8. The van der Waals surface area contributed by atoms with Crippen molar-refractivity contribution in [2.45, 2.75) is 525 Å². The Labute approximate surface area is 661 Å². The molecule has 0 aromatic heterocycles. The second-order valence-electron chi connectivity index (χ2n) is 33.4. The number of aryl methyl sites for hydroxylation is 3. The fraction of sp³-hybridized carbons (Fsp3) is 0.818. The first-order chi connectivity index (χ1) is 52.2. The molecule has 614 valence electrons. The molecule has 0 amide bonds. The van der Waals surface area contributed by atoms with Gasteiger partial charge in [-0.05, 0) is 167 Å². The van der Waals surface area contributed by atoms with Crippen LogP contribution in [-0.4, -0.2) is 15.3 Å². The largest absolute Gasteiger partial charge is 0.530 e. The van der Waals surface area contributed by atoms with E-state index >= 15 is 0 Å². The summed E-state index contributed by atoms with van der Waals surface area (Å²) in [5.41, 5.74) is 11.4. The van der Waals surface area contributed by atoms with Crippen LogP contribution in [0.3, 0.4) is 0 Å². The molecule has 3 aromatic rings. The van der Waals surface area contributed by atoms with Gasteiger partial charge in [-0.3, -0.25) is 0 Å². The lowest BCUT2D eigenvalue weighted by molar-refractivity contribution is 0.345. The highest BCUT2D eigenvalue weighted by Crippen LogP contribution is 2.54. The van der Waals surface area contributed by atoms with E-state index in [-0.39, 0.29) is 17.2 Å². The molecule has 0 saturated heterocycles. The molecule has 3 rings (SSSR count). The molecule has 0 fully saturated rings. The van der Waals surface area contributed by atoms with Crippen LogP contribution in [0.25, 0.3) is 0 Å². The molecule has 0 radical (unpaired) electrons. The van der Waals surface area contributed by atoms with Gasteiger partial charge in [0.25, 0.3) is 0 Å². The molecule has 0 spiro atoms. The Morgan fingerprint density at radius 3 is 0.472 bits per heavy atom. The molecule has 3 aromatic carbocycles. The summed E-state index contributed by atoms with van der Waals surface area (Å²) in [5, 5.41) is 39.5. The van der Waals surface area contributed by atoms with E-state index in [1.54, 1.807) is 0 Å². The molecular formula is C99H177O6P. The summed E-state index contributed by atoms with van der Waals surface area (Å²) in [6, 6.07) is 6.28. The lowest BCUT2D eigenvalue weighted by Gasteiger charge is -2.27. The predicted molar refractivity (Wildman–Crippen MR) is 468 cm³/mol. The summed E-state index contributed by atoms with van der Waals surface area (Å²) in [5.74, 6) is 2.02. The SMILES string of the molecule is CCCCCCCCCc1cc(O)c(OP(Oc2c(O)cc(CCCCCCCCC)c(CCCCCCCCC)c2CCCCCCCCC)Oc2c(O)cc(CCCCCCCCC)c(CCCCCCCCC)c2CCCCCCCCC)c(CCCCCCCCC)c1CCCCCCCCC. The van der Waals surface area contributed by atoms with Crippen LogP contribution in [0.5, 0.6) is 34.5 Å². The van der Waals surface area contributed by atoms with Crippen LogP contribution in [0, 0.1) is 0 Å². The van der Waals surface area contributed by atoms with E-state index in [4.69, 9.17) is 13.6 Å². The van der Waals surface area contributed by atoms with Crippen molar-refractivity contribution in [2.75, 3.05) is 0 Å². The summed E-state index contributed by atoms with van der Waals surface area (Å²) in [6.07, 6.45) is 85.8. The van der Waals surface area contributed by atoms with Gasteiger partial charge in [-0.15, -0.1) is 0 Å². The zero-order chi connectivity index (χ0) is 76.4. The van der Waals surface area contributed by atoms with Crippen molar-refractivity contribution < 1.29 is 28.9 Å². The minimum absolute atomic E-state index is 0.174. The zero-order valence-electron chi connectivity index (χ0n) is 72.2. The summed E-state index contributed by atoms with van der Waals surface area (Å²) in [7, 11) is -2.46. The van der Waals surface area contributed by atoms with Crippen LogP contribution in [0.2, 0.25) is 0 Å². The molecule has 0 bridgehead atoms. The highest BCUT2D eigenvalue weighted by Gasteiger charge is 2.33. The Morgan fingerprint density at radius 2 is 0.311 bits per heavy atom. The van der Waals surface area contributed by atoms with Crippen LogP contribution in [0.4, 0.5) is 0 Å². The van der Waals surface area contributed by atoms with Crippen molar-refractivity contribution in [1.82, 2.24) is 0 Å². The Bertz CT molecular complexity index is 2230. The highest BCUT2D eigenvalue weighted by atomic mass is 31.2. The molecule has 0 heterocycles. The Balaban J connectivity index is 2.58. The molecular weight excluding hydrogens is 1320 g/mol. The molecule has 0 aliphatic heterocycles. The van der Waals surface area contributed by atoms with E-state index in [9.17, 15) is 15.3 Å². The minimum Gasteiger partial charge on any atom is -0.504 e. The number of rotatable bonds is 78. The quantitative estimate of drug-likeness (QED) is 0.0386. The molecule has 7 heteroatoms. The van der Waals surface area contributed by atoms with E-state index in [1.165, 1.54) is 361 Å². The first kappa shape index (κ1) is 97.1. The lowest BCUT2D eigenvalue weighted by atomic mass is 9.89. The van der Waals surface area contributed by atoms with Gasteiger partial charge in [0.1, 0.15) is 0 Å². The number of aromatic hydroxyl groups is 3. The zero-order valence-corrected chi connectivity index (χ0v) is 73.1. The van der Waals surface area contributed by atoms with Crippen molar-refractivity contribution in [3.63, 3.8) is 0 Å². The number of unbranched alkanes of at least 4 members (excludes halogenated alkanes) is 54. The number of benzene rings is 3. The third-order valence-corrected chi connectivity index (χ3v) is 24.5. The maximum atomic E-state index is 13.2. The Kier molecular flexibility index (Phi) is 62.9. The molecule has 0 saturated carbocycles. The molecule has 0 aliphatic rings. The topological polar surface area (TPSA) is 88.4 Å². The van der Waals surface area contributed by atoms with Gasteiger partial charge in [0.15, 0.2) is 34.5 Å². The van der Waals surface area contributed by atoms with Gasteiger partial charge in [0.05, 0.1) is 0 Å². The monoisotopic (exact) mass is 1490 g/mol. The Morgan fingerprint density at radius 1 is 0.179 bits per heavy atom. The highest BCUT2D eigenvalue weighted by molar-refractivity contribution is 7.43. The maximum Gasteiger partial charge on any atom is 0.530 e. The Hall–Kier alpha value is -3.11. The van der Waals surface area contributed by atoms with Gasteiger partial charge in [-0.1, -0.05) is 409 Å². The predicted octanol–water partition coefficient (Wildman–Crippen LogP) is 34.2. The van der Waals surface area contributed by atoms with Crippen molar-refractivity contribution in [3.8, 4) is 34.5 Å². The molecule has 6 nitrogen and oxygen atoms in total. The smallest absolute Gasteiger partial charge is 0.504 e. The average Bonchev–Trinajstić information content (AvgIpc) is 0.769. The number of phenolic OH excluding ortho intramolecular Hbond substituents is 3. The van der Waals surface area contributed by atoms with Gasteiger partial charge >= 0.3 is 8.60 Å². The van der Waals surface area contributed by atoms with Gasteiger partial charge < -0.3 is 28.9 Å². The summed E-state index contributed by atoms with van der Waals surface area (Å²) in [6.45, 7) is 20.8. The molecule has 0 aliphatic carbocycles. The van der Waals surface area contributed by atoms with E-state index in [0.29, 0.717) is 17.2 Å². The third kappa shape index (κ3) is 44.8. The van der Waals surface area contributed by atoms with Crippen molar-refractivity contribution in [3.05, 3.63) is 68.3 Å².